The van der Waals surface area contributed by atoms with Crippen molar-refractivity contribution in [1.29, 1.82) is 0 Å². The molecular formula is C24H26N4O3S2. The van der Waals surface area contributed by atoms with Gasteiger partial charge in [0.1, 0.15) is 6.04 Å². The highest BCUT2D eigenvalue weighted by Crippen LogP contribution is 2.26. The van der Waals surface area contributed by atoms with E-state index in [1.165, 1.54) is 22.7 Å². The molecule has 0 aliphatic heterocycles. The zero-order valence-corrected chi connectivity index (χ0v) is 19.7. The molecule has 9 heteroatoms. The Labute approximate surface area is 200 Å². The lowest BCUT2D eigenvalue weighted by Crippen LogP contribution is -2.48. The lowest BCUT2D eigenvalue weighted by atomic mass is 10.0. The van der Waals surface area contributed by atoms with E-state index in [4.69, 9.17) is 0 Å². The summed E-state index contributed by atoms with van der Waals surface area (Å²) in [7, 11) is 0. The van der Waals surface area contributed by atoms with Gasteiger partial charge in [-0.15, -0.1) is 22.7 Å². The van der Waals surface area contributed by atoms with E-state index in [9.17, 15) is 14.4 Å². The first kappa shape index (κ1) is 23.1. The average Bonchev–Trinajstić information content (AvgIpc) is 3.61. The molecule has 0 aromatic carbocycles. The summed E-state index contributed by atoms with van der Waals surface area (Å²) in [5.41, 5.74) is 0.641. The molecule has 1 aliphatic carbocycles. The van der Waals surface area contributed by atoms with Gasteiger partial charge in [-0.2, -0.15) is 0 Å². The maximum absolute atomic E-state index is 13.5. The molecular weight excluding hydrogens is 456 g/mol. The maximum Gasteiger partial charge on any atom is 0.261 e. The Hall–Kier alpha value is -3.04. The molecule has 3 aromatic heterocycles. The molecule has 0 spiro atoms. The van der Waals surface area contributed by atoms with E-state index in [-0.39, 0.29) is 36.9 Å². The number of nitrogens with zero attached hydrogens (tertiary/aromatic N) is 2. The van der Waals surface area contributed by atoms with Crippen molar-refractivity contribution in [3.8, 4) is 0 Å². The normalized spacial score (nSPS) is 14.5. The van der Waals surface area contributed by atoms with Crippen molar-refractivity contribution >= 4 is 40.4 Å². The zero-order chi connectivity index (χ0) is 23.0. The van der Waals surface area contributed by atoms with Gasteiger partial charge in [0.05, 0.1) is 18.0 Å². The fourth-order valence-electron chi connectivity index (χ4n) is 4.01. The van der Waals surface area contributed by atoms with E-state index in [0.717, 1.165) is 30.6 Å². The van der Waals surface area contributed by atoms with Gasteiger partial charge in [0.15, 0.2) is 0 Å². The van der Waals surface area contributed by atoms with Crippen LogP contribution in [0.5, 0.6) is 0 Å². The number of rotatable bonds is 9. The summed E-state index contributed by atoms with van der Waals surface area (Å²) in [6.45, 7) is 0.0681. The summed E-state index contributed by atoms with van der Waals surface area (Å²) < 4.78 is 0. The van der Waals surface area contributed by atoms with Crippen LogP contribution in [0.1, 0.15) is 51.8 Å². The van der Waals surface area contributed by atoms with Crippen molar-refractivity contribution in [3.05, 3.63) is 74.9 Å². The van der Waals surface area contributed by atoms with Crippen LogP contribution in [0.4, 0.5) is 0 Å². The van der Waals surface area contributed by atoms with Gasteiger partial charge >= 0.3 is 0 Å². The number of aromatic nitrogens is 1. The van der Waals surface area contributed by atoms with E-state index in [1.807, 2.05) is 29.0 Å². The van der Waals surface area contributed by atoms with Gasteiger partial charge in [0, 0.05) is 28.9 Å². The SMILES string of the molecule is O=C(NCC(=O)N(Cc1cccs1)[C@@H](C(=O)NC1CCCC1)c1cccnc1)c1cccs1. The molecule has 3 aromatic rings. The molecule has 1 saturated carbocycles. The second-order valence-corrected chi connectivity index (χ2v) is 9.92. The Morgan fingerprint density at radius 2 is 1.85 bits per heavy atom. The molecule has 7 nitrogen and oxygen atoms in total. The van der Waals surface area contributed by atoms with E-state index < -0.39 is 6.04 Å². The lowest BCUT2D eigenvalue weighted by molar-refractivity contribution is -0.141. The Bertz CT molecular complexity index is 1050. The molecule has 0 bridgehead atoms. The summed E-state index contributed by atoms with van der Waals surface area (Å²) in [6.07, 6.45) is 7.34. The van der Waals surface area contributed by atoms with Gasteiger partial charge in [-0.1, -0.05) is 31.0 Å². The molecule has 0 radical (unpaired) electrons. The molecule has 0 unspecified atom stereocenters. The van der Waals surface area contributed by atoms with Crippen LogP contribution in [0.15, 0.2) is 59.6 Å². The smallest absolute Gasteiger partial charge is 0.261 e. The largest absolute Gasteiger partial charge is 0.351 e. The Balaban J connectivity index is 1.58. The predicted octanol–water partition coefficient (Wildman–Crippen LogP) is 3.76. The molecule has 3 heterocycles. The van der Waals surface area contributed by atoms with Gasteiger partial charge in [-0.05, 0) is 41.8 Å². The molecule has 1 aliphatic rings. The summed E-state index contributed by atoms with van der Waals surface area (Å²) in [6, 6.07) is 10.2. The fraction of sp³-hybridized carbons (Fsp3) is 0.333. The van der Waals surface area contributed by atoms with Crippen LogP contribution in [0.25, 0.3) is 0 Å². The number of carbonyl (C=O) groups excluding carboxylic acids is 3. The second kappa shape index (κ2) is 11.2. The number of carbonyl (C=O) groups is 3. The zero-order valence-electron chi connectivity index (χ0n) is 18.1. The van der Waals surface area contributed by atoms with Crippen molar-refractivity contribution in [2.45, 2.75) is 44.3 Å². The maximum atomic E-state index is 13.5. The van der Waals surface area contributed by atoms with Crippen LogP contribution in [-0.2, 0) is 16.1 Å². The minimum Gasteiger partial charge on any atom is -0.351 e. The van der Waals surface area contributed by atoms with Crippen molar-refractivity contribution in [2.24, 2.45) is 0 Å². The van der Waals surface area contributed by atoms with Crippen molar-refractivity contribution in [2.75, 3.05) is 6.54 Å². The molecule has 4 rings (SSSR count). The van der Waals surface area contributed by atoms with Gasteiger partial charge < -0.3 is 15.5 Å². The number of pyridine rings is 1. The molecule has 0 saturated heterocycles. The monoisotopic (exact) mass is 482 g/mol. The van der Waals surface area contributed by atoms with Crippen molar-refractivity contribution in [1.82, 2.24) is 20.5 Å². The third kappa shape index (κ3) is 6.06. The van der Waals surface area contributed by atoms with E-state index in [1.54, 1.807) is 35.5 Å². The van der Waals surface area contributed by atoms with Gasteiger partial charge in [0.25, 0.3) is 5.91 Å². The van der Waals surface area contributed by atoms with Crippen molar-refractivity contribution in [3.63, 3.8) is 0 Å². The number of hydrogen-bond donors (Lipinski definition) is 2. The number of hydrogen-bond acceptors (Lipinski definition) is 6. The first-order valence-electron chi connectivity index (χ1n) is 11.0. The summed E-state index contributed by atoms with van der Waals surface area (Å²) in [5, 5.41) is 9.59. The molecule has 3 amide bonds. The molecule has 172 valence electrons. The lowest BCUT2D eigenvalue weighted by Gasteiger charge is -2.32. The Morgan fingerprint density at radius 1 is 1.06 bits per heavy atom. The van der Waals surface area contributed by atoms with Gasteiger partial charge in [-0.25, -0.2) is 0 Å². The molecule has 1 fully saturated rings. The first-order valence-corrected chi connectivity index (χ1v) is 12.7. The van der Waals surface area contributed by atoms with Crippen LogP contribution in [0, 0.1) is 0 Å². The standard InChI is InChI=1S/C24H26N4O3S2/c29-21(15-26-23(30)20-10-5-13-33-20)28(16-19-9-4-12-32-19)22(17-6-3-11-25-14-17)24(31)27-18-7-1-2-8-18/h3-6,9-14,18,22H,1-2,7-8,15-16H2,(H,26,30)(H,27,31)/t22-/m1/s1. The first-order chi connectivity index (χ1) is 16.1. The number of thiophene rings is 2. The summed E-state index contributed by atoms with van der Waals surface area (Å²) >= 11 is 2.83. The molecule has 1 atom stereocenters. The third-order valence-corrected chi connectivity index (χ3v) is 7.36. The van der Waals surface area contributed by atoms with E-state index in [2.05, 4.69) is 15.6 Å². The Morgan fingerprint density at radius 3 is 2.52 bits per heavy atom. The van der Waals surface area contributed by atoms with Crippen molar-refractivity contribution < 1.29 is 14.4 Å². The molecule has 33 heavy (non-hydrogen) atoms. The van der Waals surface area contributed by atoms with Gasteiger partial charge in [0.2, 0.25) is 11.8 Å². The Kier molecular flexibility index (Phi) is 7.85. The quantitative estimate of drug-likeness (QED) is 0.486. The minimum atomic E-state index is -0.840. The van der Waals surface area contributed by atoms with Gasteiger partial charge in [-0.3, -0.25) is 19.4 Å². The highest BCUT2D eigenvalue weighted by molar-refractivity contribution is 7.12. The fourth-order valence-corrected chi connectivity index (χ4v) is 5.35. The van der Waals surface area contributed by atoms with Crippen LogP contribution >= 0.6 is 22.7 Å². The second-order valence-electron chi connectivity index (χ2n) is 7.94. The van der Waals surface area contributed by atoms with E-state index >= 15 is 0 Å². The van der Waals surface area contributed by atoms with Crippen LogP contribution < -0.4 is 10.6 Å². The third-order valence-electron chi connectivity index (χ3n) is 5.63. The number of nitrogens with one attached hydrogen (secondary N) is 2. The summed E-state index contributed by atoms with van der Waals surface area (Å²) in [5.74, 6) is -0.851. The highest BCUT2D eigenvalue weighted by atomic mass is 32.1. The number of amides is 3. The average molecular weight is 483 g/mol. The summed E-state index contributed by atoms with van der Waals surface area (Å²) in [4.78, 5) is 46.5. The van der Waals surface area contributed by atoms with Crippen LogP contribution in [0.2, 0.25) is 0 Å². The predicted molar refractivity (Wildman–Crippen MR) is 129 cm³/mol. The molecule has 2 N–H and O–H groups in total. The highest BCUT2D eigenvalue weighted by Gasteiger charge is 2.33. The van der Waals surface area contributed by atoms with Crippen LogP contribution in [0.3, 0.4) is 0 Å². The topological polar surface area (TPSA) is 91.4 Å². The van der Waals surface area contributed by atoms with Crippen LogP contribution in [-0.4, -0.2) is 40.2 Å². The minimum absolute atomic E-state index is 0.119. The van der Waals surface area contributed by atoms with E-state index in [0.29, 0.717) is 10.4 Å².